The fourth-order valence-corrected chi connectivity index (χ4v) is 2.32. The van der Waals surface area contributed by atoms with Gasteiger partial charge in [0.15, 0.2) is 0 Å². The maximum atomic E-state index is 13.4. The van der Waals surface area contributed by atoms with Crippen LogP contribution in [0.2, 0.25) is 0 Å². The van der Waals surface area contributed by atoms with Gasteiger partial charge in [0.1, 0.15) is 5.82 Å². The van der Waals surface area contributed by atoms with Gasteiger partial charge in [-0.25, -0.2) is 4.39 Å². The van der Waals surface area contributed by atoms with Crippen molar-refractivity contribution in [2.45, 2.75) is 25.3 Å². The Kier molecular flexibility index (Phi) is 3.60. The number of carboxylic acid groups (broad SMARTS) is 1. The molecule has 2 atom stereocenters. The molecule has 0 aliphatic heterocycles. The molecule has 1 aliphatic rings. The zero-order valence-corrected chi connectivity index (χ0v) is 9.73. The third kappa shape index (κ3) is 2.50. The smallest absolute Gasteiger partial charge is 0.308 e. The summed E-state index contributed by atoms with van der Waals surface area (Å²) in [4.78, 5) is 22.8. The molecule has 1 aromatic rings. The predicted octanol–water partition coefficient (Wildman–Crippen LogP) is 1.81. The third-order valence-corrected chi connectivity index (χ3v) is 3.27. The van der Waals surface area contributed by atoms with Gasteiger partial charge in [0.2, 0.25) is 0 Å². The number of aliphatic carboxylic acids is 1. The quantitative estimate of drug-likeness (QED) is 0.861. The summed E-state index contributed by atoms with van der Waals surface area (Å²) < 4.78 is 13.4. The molecule has 4 nitrogen and oxygen atoms in total. The van der Waals surface area contributed by atoms with Crippen LogP contribution in [0.3, 0.4) is 0 Å². The molecule has 1 saturated carbocycles. The van der Waals surface area contributed by atoms with E-state index in [2.05, 4.69) is 5.32 Å². The van der Waals surface area contributed by atoms with Crippen molar-refractivity contribution in [1.29, 1.82) is 0 Å². The molecule has 2 rings (SSSR count). The van der Waals surface area contributed by atoms with Crippen LogP contribution >= 0.6 is 0 Å². The van der Waals surface area contributed by atoms with E-state index in [1.54, 1.807) is 6.07 Å². The van der Waals surface area contributed by atoms with E-state index >= 15 is 0 Å². The molecule has 2 unspecified atom stereocenters. The van der Waals surface area contributed by atoms with Gasteiger partial charge in [-0.05, 0) is 25.0 Å². The van der Waals surface area contributed by atoms with Crippen LogP contribution in [0.4, 0.5) is 4.39 Å². The lowest BCUT2D eigenvalue weighted by molar-refractivity contribution is -0.142. The first-order valence-corrected chi connectivity index (χ1v) is 5.88. The number of rotatable bonds is 3. The molecule has 1 aliphatic carbocycles. The fraction of sp³-hybridized carbons (Fsp3) is 0.385. The molecular weight excluding hydrogens is 237 g/mol. The highest BCUT2D eigenvalue weighted by atomic mass is 19.1. The molecule has 0 heterocycles. The van der Waals surface area contributed by atoms with Crippen molar-refractivity contribution < 1.29 is 19.1 Å². The van der Waals surface area contributed by atoms with Gasteiger partial charge in [-0.2, -0.15) is 0 Å². The van der Waals surface area contributed by atoms with Crippen molar-refractivity contribution >= 4 is 11.9 Å². The van der Waals surface area contributed by atoms with E-state index in [1.165, 1.54) is 18.2 Å². The monoisotopic (exact) mass is 251 g/mol. The van der Waals surface area contributed by atoms with Crippen molar-refractivity contribution in [3.8, 4) is 0 Å². The first-order valence-electron chi connectivity index (χ1n) is 5.88. The number of carboxylic acids is 1. The van der Waals surface area contributed by atoms with Gasteiger partial charge in [-0.3, -0.25) is 9.59 Å². The average molecular weight is 251 g/mol. The number of nitrogens with one attached hydrogen (secondary N) is 1. The van der Waals surface area contributed by atoms with E-state index in [0.29, 0.717) is 12.8 Å². The minimum atomic E-state index is -0.911. The second kappa shape index (κ2) is 5.16. The Morgan fingerprint density at radius 2 is 2.00 bits per heavy atom. The molecule has 0 radical (unpaired) electrons. The molecule has 18 heavy (non-hydrogen) atoms. The summed E-state index contributed by atoms with van der Waals surface area (Å²) >= 11 is 0. The number of hydrogen-bond acceptors (Lipinski definition) is 2. The minimum absolute atomic E-state index is 0.0476. The Bertz CT molecular complexity index is 475. The average Bonchev–Trinajstić information content (AvgIpc) is 2.77. The Balaban J connectivity index is 2.08. The van der Waals surface area contributed by atoms with E-state index in [0.717, 1.165) is 6.42 Å². The van der Waals surface area contributed by atoms with E-state index in [9.17, 15) is 14.0 Å². The molecule has 2 N–H and O–H groups in total. The number of carbonyl (C=O) groups is 2. The molecule has 96 valence electrons. The predicted molar refractivity (Wildman–Crippen MR) is 62.6 cm³/mol. The van der Waals surface area contributed by atoms with Crippen LogP contribution in [0.25, 0.3) is 0 Å². The summed E-state index contributed by atoms with van der Waals surface area (Å²) in [5.74, 6) is -2.63. The highest BCUT2D eigenvalue weighted by Crippen LogP contribution is 2.26. The number of amides is 1. The van der Waals surface area contributed by atoms with Crippen molar-refractivity contribution in [1.82, 2.24) is 5.32 Å². The Labute approximate surface area is 104 Å². The van der Waals surface area contributed by atoms with Crippen LogP contribution in [-0.2, 0) is 4.79 Å². The molecule has 1 amide bonds. The summed E-state index contributed by atoms with van der Waals surface area (Å²) in [6.45, 7) is 0. The van der Waals surface area contributed by atoms with E-state index < -0.39 is 29.7 Å². The van der Waals surface area contributed by atoms with Gasteiger partial charge in [-0.15, -0.1) is 0 Å². The topological polar surface area (TPSA) is 66.4 Å². The highest BCUT2D eigenvalue weighted by molar-refractivity contribution is 5.95. The summed E-state index contributed by atoms with van der Waals surface area (Å²) in [5, 5.41) is 11.6. The lowest BCUT2D eigenvalue weighted by Gasteiger charge is -2.17. The third-order valence-electron chi connectivity index (χ3n) is 3.27. The fourth-order valence-electron chi connectivity index (χ4n) is 2.32. The normalized spacial score (nSPS) is 22.7. The first kappa shape index (κ1) is 12.5. The summed E-state index contributed by atoms with van der Waals surface area (Å²) in [5.41, 5.74) is -0.0476. The van der Waals surface area contributed by atoms with Crippen LogP contribution in [0.15, 0.2) is 24.3 Å². The summed E-state index contributed by atoms with van der Waals surface area (Å²) in [6, 6.07) is 5.26. The second-order valence-electron chi connectivity index (χ2n) is 4.44. The van der Waals surface area contributed by atoms with Crippen molar-refractivity contribution in [3.63, 3.8) is 0 Å². The maximum Gasteiger partial charge on any atom is 0.308 e. The van der Waals surface area contributed by atoms with E-state index in [-0.39, 0.29) is 5.56 Å². The second-order valence-corrected chi connectivity index (χ2v) is 4.44. The van der Waals surface area contributed by atoms with Crippen molar-refractivity contribution in [3.05, 3.63) is 35.6 Å². The molecule has 0 bridgehead atoms. The van der Waals surface area contributed by atoms with Crippen LogP contribution in [0.1, 0.15) is 29.6 Å². The molecule has 1 aromatic carbocycles. The molecule has 0 aromatic heterocycles. The Morgan fingerprint density at radius 3 is 2.67 bits per heavy atom. The van der Waals surface area contributed by atoms with E-state index in [4.69, 9.17) is 5.11 Å². The number of carbonyl (C=O) groups excluding carboxylic acids is 1. The number of halogens is 1. The van der Waals surface area contributed by atoms with Gasteiger partial charge in [0.05, 0.1) is 11.5 Å². The Hall–Kier alpha value is -1.91. The van der Waals surface area contributed by atoms with E-state index in [1.807, 2.05) is 0 Å². The molecule has 0 spiro atoms. The summed E-state index contributed by atoms with van der Waals surface area (Å²) in [6.07, 6.45) is 1.94. The number of benzene rings is 1. The first-order chi connectivity index (χ1) is 8.59. The molecule has 0 saturated heterocycles. The number of hydrogen-bond donors (Lipinski definition) is 2. The van der Waals surface area contributed by atoms with Crippen LogP contribution in [0, 0.1) is 11.7 Å². The van der Waals surface area contributed by atoms with Gasteiger partial charge < -0.3 is 10.4 Å². The Morgan fingerprint density at radius 1 is 1.28 bits per heavy atom. The van der Waals surface area contributed by atoms with Crippen LogP contribution < -0.4 is 5.32 Å². The highest BCUT2D eigenvalue weighted by Gasteiger charge is 2.34. The van der Waals surface area contributed by atoms with Crippen LogP contribution in [0.5, 0.6) is 0 Å². The van der Waals surface area contributed by atoms with Crippen LogP contribution in [-0.4, -0.2) is 23.0 Å². The minimum Gasteiger partial charge on any atom is -0.481 e. The summed E-state index contributed by atoms with van der Waals surface area (Å²) in [7, 11) is 0. The lowest BCUT2D eigenvalue weighted by Crippen LogP contribution is -2.40. The molecule has 5 heteroatoms. The standard InChI is InChI=1S/C13H14FNO3/c14-10-6-2-1-4-8(10)12(16)15-11-7-3-5-9(11)13(17)18/h1-2,4,6,9,11H,3,5,7H2,(H,15,16)(H,17,18). The van der Waals surface area contributed by atoms with Gasteiger partial charge >= 0.3 is 5.97 Å². The molecular formula is C13H14FNO3. The van der Waals surface area contributed by atoms with Crippen molar-refractivity contribution in [2.24, 2.45) is 5.92 Å². The zero-order valence-electron chi connectivity index (χ0n) is 9.73. The zero-order chi connectivity index (χ0) is 13.1. The van der Waals surface area contributed by atoms with Crippen molar-refractivity contribution in [2.75, 3.05) is 0 Å². The lowest BCUT2D eigenvalue weighted by atomic mass is 10.0. The largest absolute Gasteiger partial charge is 0.481 e. The molecule has 1 fully saturated rings. The maximum absolute atomic E-state index is 13.4. The van der Waals surface area contributed by atoms with Gasteiger partial charge in [0, 0.05) is 6.04 Å². The van der Waals surface area contributed by atoms with Gasteiger partial charge in [0.25, 0.3) is 5.91 Å². The SMILES string of the molecule is O=C(NC1CCCC1C(=O)O)c1ccccc1F. The van der Waals surface area contributed by atoms with Gasteiger partial charge in [-0.1, -0.05) is 18.6 Å².